The van der Waals surface area contributed by atoms with Crippen molar-refractivity contribution in [3.8, 4) is 17.2 Å². The van der Waals surface area contributed by atoms with Crippen LogP contribution in [0.3, 0.4) is 0 Å². The number of ether oxygens (including phenoxy) is 3. The zero-order valence-corrected chi connectivity index (χ0v) is 13.9. The van der Waals surface area contributed by atoms with Crippen molar-refractivity contribution in [1.29, 1.82) is 0 Å². The van der Waals surface area contributed by atoms with Gasteiger partial charge in [0.2, 0.25) is 5.75 Å². The highest BCUT2D eigenvalue weighted by Gasteiger charge is 2.17. The Labute approximate surface area is 136 Å². The van der Waals surface area contributed by atoms with E-state index in [0.717, 1.165) is 16.7 Å². The monoisotopic (exact) mass is 314 g/mol. The van der Waals surface area contributed by atoms with E-state index < -0.39 is 6.10 Å². The summed E-state index contributed by atoms with van der Waals surface area (Å²) in [4.78, 5) is 0. The molecule has 0 saturated carbocycles. The van der Waals surface area contributed by atoms with Crippen LogP contribution in [0.15, 0.2) is 42.5 Å². The molecule has 122 valence electrons. The van der Waals surface area contributed by atoms with Crippen molar-refractivity contribution in [3.63, 3.8) is 0 Å². The summed E-state index contributed by atoms with van der Waals surface area (Å²) in [5, 5.41) is 10.2. The summed E-state index contributed by atoms with van der Waals surface area (Å²) in [6, 6.07) is 13.5. The van der Waals surface area contributed by atoms with Gasteiger partial charge in [-0.1, -0.05) is 30.3 Å². The number of hydrogen-bond donors (Lipinski definition) is 1. The lowest BCUT2D eigenvalue weighted by Gasteiger charge is -2.17. The van der Waals surface area contributed by atoms with Gasteiger partial charge in [-0.15, -0.1) is 0 Å². The highest BCUT2D eigenvalue weighted by Crippen LogP contribution is 2.40. The molecule has 1 atom stereocenters. The maximum atomic E-state index is 10.2. The molecule has 4 heteroatoms. The molecule has 0 spiro atoms. The first-order chi connectivity index (χ1) is 11.1. The molecule has 23 heavy (non-hydrogen) atoms. The highest BCUT2D eigenvalue weighted by atomic mass is 16.5. The van der Waals surface area contributed by atoms with Crippen LogP contribution < -0.4 is 14.2 Å². The lowest BCUT2D eigenvalue weighted by molar-refractivity contribution is 0.254. The van der Waals surface area contributed by atoms with Gasteiger partial charge in [-0.25, -0.2) is 0 Å². The smallest absolute Gasteiger partial charge is 0.203 e. The van der Waals surface area contributed by atoms with E-state index in [-0.39, 0.29) is 0 Å². The predicted molar refractivity (Wildman–Crippen MR) is 92.1 cm³/mol. The average Bonchev–Trinajstić information content (AvgIpc) is 2.58. The van der Waals surface area contributed by atoms with Crippen molar-refractivity contribution < 1.29 is 19.3 Å². The van der Waals surface area contributed by atoms with Gasteiger partial charge in [-0.05, 0) is 41.8 Å². The molecule has 2 rings (SSSR count). The summed E-state index contributed by atoms with van der Waals surface area (Å²) >= 11 is 0. The van der Waals surface area contributed by atoms with E-state index in [2.05, 4.69) is 0 Å². The Morgan fingerprint density at radius 2 is 1.52 bits per heavy atom. The van der Waals surface area contributed by atoms with Gasteiger partial charge in [0.25, 0.3) is 0 Å². The first kappa shape index (κ1) is 16.9. The average molecular weight is 314 g/mol. The number of aliphatic hydroxyl groups excluding tert-OH is 1. The molecule has 2 aromatic carbocycles. The second kappa shape index (κ2) is 7.70. The van der Waals surface area contributed by atoms with E-state index in [4.69, 9.17) is 14.2 Å². The minimum absolute atomic E-state index is 0.531. The molecule has 0 aliphatic rings. The zero-order chi connectivity index (χ0) is 16.8. The Morgan fingerprint density at radius 3 is 1.96 bits per heavy atom. The van der Waals surface area contributed by atoms with Gasteiger partial charge in [0.1, 0.15) is 0 Å². The fourth-order valence-corrected chi connectivity index (χ4v) is 2.42. The molecule has 0 bridgehead atoms. The topological polar surface area (TPSA) is 47.9 Å². The number of rotatable bonds is 6. The van der Waals surface area contributed by atoms with Crippen LogP contribution in [0.5, 0.6) is 17.2 Å². The third kappa shape index (κ3) is 3.85. The molecule has 0 aliphatic heterocycles. The molecule has 0 fully saturated rings. The maximum absolute atomic E-state index is 10.2. The Kier molecular flexibility index (Phi) is 5.66. The summed E-state index contributed by atoms with van der Waals surface area (Å²) in [6.45, 7) is 1.73. The first-order valence-electron chi connectivity index (χ1n) is 7.35. The minimum atomic E-state index is -0.641. The largest absolute Gasteiger partial charge is 0.493 e. The van der Waals surface area contributed by atoms with Crippen molar-refractivity contribution in [2.24, 2.45) is 0 Å². The fourth-order valence-electron chi connectivity index (χ4n) is 2.42. The van der Waals surface area contributed by atoms with Crippen molar-refractivity contribution in [2.75, 3.05) is 21.3 Å². The van der Waals surface area contributed by atoms with Gasteiger partial charge in [-0.2, -0.15) is 0 Å². The summed E-state index contributed by atoms with van der Waals surface area (Å²) < 4.78 is 16.1. The third-order valence-electron chi connectivity index (χ3n) is 3.57. The van der Waals surface area contributed by atoms with E-state index in [1.54, 1.807) is 28.3 Å². The molecule has 0 saturated heterocycles. The number of benzene rings is 2. The Morgan fingerprint density at radius 1 is 0.957 bits per heavy atom. The van der Waals surface area contributed by atoms with Crippen LogP contribution in [0.4, 0.5) is 0 Å². The lowest BCUT2D eigenvalue weighted by atomic mass is 9.97. The molecule has 0 aromatic heterocycles. The molecule has 1 N–H and O–H groups in total. The van der Waals surface area contributed by atoms with E-state index in [9.17, 15) is 5.11 Å². The number of methoxy groups -OCH3 is 3. The third-order valence-corrected chi connectivity index (χ3v) is 3.57. The van der Waals surface area contributed by atoms with Gasteiger partial charge in [0.05, 0.1) is 27.4 Å². The van der Waals surface area contributed by atoms with Crippen LogP contribution in [0.25, 0.3) is 11.6 Å². The van der Waals surface area contributed by atoms with E-state index in [0.29, 0.717) is 17.2 Å². The molecule has 0 radical (unpaired) electrons. The standard InChI is InChI=1S/C19H22O4/c1-13(20)16(10-14-8-6-5-7-9-14)15-11-17(21-2)19(23-4)18(12-15)22-3/h5-13,20H,1-4H3/b16-10+. The predicted octanol–water partition coefficient (Wildman–Crippen LogP) is 3.63. The molecular weight excluding hydrogens is 292 g/mol. The second-order valence-corrected chi connectivity index (χ2v) is 5.10. The number of hydrogen-bond acceptors (Lipinski definition) is 4. The van der Waals surface area contributed by atoms with Crippen molar-refractivity contribution in [3.05, 3.63) is 53.6 Å². The summed E-state index contributed by atoms with van der Waals surface area (Å²) in [6.07, 6.45) is 1.31. The van der Waals surface area contributed by atoms with Crippen LogP contribution in [0, 0.1) is 0 Å². The van der Waals surface area contributed by atoms with E-state index >= 15 is 0 Å². The maximum Gasteiger partial charge on any atom is 0.203 e. The normalized spacial score (nSPS) is 12.7. The van der Waals surface area contributed by atoms with Crippen molar-refractivity contribution >= 4 is 11.6 Å². The Bertz CT molecular complexity index is 650. The quantitative estimate of drug-likeness (QED) is 0.827. The van der Waals surface area contributed by atoms with Crippen molar-refractivity contribution in [2.45, 2.75) is 13.0 Å². The summed E-state index contributed by atoms with van der Waals surface area (Å²) in [5.41, 5.74) is 2.60. The lowest BCUT2D eigenvalue weighted by Crippen LogP contribution is -2.05. The molecule has 0 heterocycles. The van der Waals surface area contributed by atoms with Gasteiger partial charge in [0, 0.05) is 0 Å². The molecule has 1 unspecified atom stereocenters. The van der Waals surface area contributed by atoms with E-state index in [1.807, 2.05) is 48.5 Å². The van der Waals surface area contributed by atoms with Crippen LogP contribution in [0.2, 0.25) is 0 Å². The molecule has 0 aliphatic carbocycles. The number of aliphatic hydroxyl groups is 1. The van der Waals surface area contributed by atoms with E-state index in [1.165, 1.54) is 0 Å². The van der Waals surface area contributed by atoms with Crippen LogP contribution in [-0.4, -0.2) is 32.5 Å². The second-order valence-electron chi connectivity index (χ2n) is 5.10. The molecule has 2 aromatic rings. The SMILES string of the molecule is COc1cc(/C(=C/c2ccccc2)C(C)O)cc(OC)c1OC. The Hall–Kier alpha value is -2.46. The summed E-state index contributed by atoms with van der Waals surface area (Å²) in [5.74, 6) is 1.64. The van der Waals surface area contributed by atoms with Crippen molar-refractivity contribution in [1.82, 2.24) is 0 Å². The van der Waals surface area contributed by atoms with Crippen LogP contribution >= 0.6 is 0 Å². The van der Waals surface area contributed by atoms with Gasteiger partial charge < -0.3 is 19.3 Å². The first-order valence-corrected chi connectivity index (χ1v) is 7.35. The van der Waals surface area contributed by atoms with Gasteiger partial charge in [-0.3, -0.25) is 0 Å². The molecular formula is C19H22O4. The van der Waals surface area contributed by atoms with Gasteiger partial charge in [0.15, 0.2) is 11.5 Å². The fraction of sp³-hybridized carbons (Fsp3) is 0.263. The summed E-state index contributed by atoms with van der Waals surface area (Å²) in [7, 11) is 4.71. The zero-order valence-electron chi connectivity index (χ0n) is 13.9. The van der Waals surface area contributed by atoms with Gasteiger partial charge >= 0.3 is 0 Å². The molecule has 0 amide bonds. The van der Waals surface area contributed by atoms with Crippen LogP contribution in [-0.2, 0) is 0 Å². The highest BCUT2D eigenvalue weighted by molar-refractivity contribution is 5.85. The molecule has 4 nitrogen and oxygen atoms in total. The van der Waals surface area contributed by atoms with Crippen LogP contribution in [0.1, 0.15) is 18.1 Å². The Balaban J connectivity index is 2.58. The minimum Gasteiger partial charge on any atom is -0.493 e.